The molecule has 0 spiro atoms. The summed E-state index contributed by atoms with van der Waals surface area (Å²) in [5.41, 5.74) is 5.46. The Morgan fingerprint density at radius 3 is 2.24 bits per heavy atom. The summed E-state index contributed by atoms with van der Waals surface area (Å²) in [4.78, 5) is 48.8. The molecule has 0 aromatic carbocycles. The molecule has 1 fully saturated rings. The summed E-state index contributed by atoms with van der Waals surface area (Å²) in [5, 5.41) is 23.4. The van der Waals surface area contributed by atoms with Crippen molar-refractivity contribution in [3.63, 3.8) is 0 Å². The molecule has 0 bridgehead atoms. The number of aliphatic carboxylic acids is 1. The van der Waals surface area contributed by atoms with Gasteiger partial charge in [0.15, 0.2) is 0 Å². The van der Waals surface area contributed by atoms with Crippen LogP contribution in [-0.2, 0) is 19.2 Å². The molecule has 6 N–H and O–H groups in total. The third kappa shape index (κ3) is 5.40. The number of hydrogen-bond donors (Lipinski definition) is 5. The molecule has 10 nitrogen and oxygen atoms in total. The van der Waals surface area contributed by atoms with E-state index in [-0.39, 0.29) is 6.54 Å². The Labute approximate surface area is 145 Å². The Morgan fingerprint density at radius 2 is 1.76 bits per heavy atom. The maximum absolute atomic E-state index is 12.7. The van der Waals surface area contributed by atoms with E-state index in [0.717, 1.165) is 0 Å². The lowest BCUT2D eigenvalue weighted by atomic mass is 10.1. The molecule has 1 saturated heterocycles. The minimum Gasteiger partial charge on any atom is -0.480 e. The van der Waals surface area contributed by atoms with Gasteiger partial charge in [0, 0.05) is 6.54 Å². The molecule has 0 radical (unpaired) electrons. The van der Waals surface area contributed by atoms with Gasteiger partial charge < -0.3 is 31.5 Å². The van der Waals surface area contributed by atoms with E-state index in [1.54, 1.807) is 0 Å². The summed E-state index contributed by atoms with van der Waals surface area (Å²) in [6.45, 7) is 4.39. The fourth-order valence-corrected chi connectivity index (χ4v) is 2.53. The molecule has 10 heteroatoms. The van der Waals surface area contributed by atoms with Crippen LogP contribution < -0.4 is 16.4 Å². The third-order valence-corrected chi connectivity index (χ3v) is 4.03. The number of amides is 3. The molecule has 5 atom stereocenters. The summed E-state index contributed by atoms with van der Waals surface area (Å²) in [5.74, 6) is -2.97. The minimum atomic E-state index is -1.23. The first-order valence-electron chi connectivity index (χ1n) is 8.14. The molecule has 142 valence electrons. The summed E-state index contributed by atoms with van der Waals surface area (Å²) in [6, 6.07) is -4.02. The van der Waals surface area contributed by atoms with Gasteiger partial charge in [-0.25, -0.2) is 0 Å². The van der Waals surface area contributed by atoms with E-state index in [9.17, 15) is 24.3 Å². The van der Waals surface area contributed by atoms with E-state index >= 15 is 0 Å². The van der Waals surface area contributed by atoms with Gasteiger partial charge in [-0.05, 0) is 33.6 Å². The number of carboxylic acid groups (broad SMARTS) is 1. The van der Waals surface area contributed by atoms with E-state index in [2.05, 4.69) is 10.6 Å². The Bertz CT molecular complexity index is 536. The summed E-state index contributed by atoms with van der Waals surface area (Å²) < 4.78 is 0. The maximum atomic E-state index is 12.7. The van der Waals surface area contributed by atoms with Crippen molar-refractivity contribution in [3.8, 4) is 0 Å². The second kappa shape index (κ2) is 8.77. The van der Waals surface area contributed by atoms with Crippen LogP contribution in [-0.4, -0.2) is 75.6 Å². The number of aliphatic hydroxyl groups is 1. The molecule has 1 aliphatic rings. The molecule has 1 heterocycles. The van der Waals surface area contributed by atoms with Crippen molar-refractivity contribution in [1.82, 2.24) is 15.5 Å². The Kier molecular flexibility index (Phi) is 7.31. The highest BCUT2D eigenvalue weighted by atomic mass is 16.4. The van der Waals surface area contributed by atoms with Crippen LogP contribution in [0.5, 0.6) is 0 Å². The first-order chi connectivity index (χ1) is 11.6. The number of likely N-dealkylation sites (tertiary alicyclic amines) is 1. The van der Waals surface area contributed by atoms with Gasteiger partial charge in [-0.1, -0.05) is 0 Å². The van der Waals surface area contributed by atoms with Gasteiger partial charge >= 0.3 is 5.97 Å². The lowest BCUT2D eigenvalue weighted by molar-refractivity contribution is -0.145. The quantitative estimate of drug-likeness (QED) is 0.344. The predicted octanol–water partition coefficient (Wildman–Crippen LogP) is -2.22. The molecule has 5 unspecified atom stereocenters. The monoisotopic (exact) mass is 358 g/mol. The number of carboxylic acids is 1. The van der Waals surface area contributed by atoms with Crippen molar-refractivity contribution >= 4 is 23.7 Å². The molecule has 1 aliphatic heterocycles. The number of carbonyl (C=O) groups excluding carboxylic acids is 3. The normalized spacial score (nSPS) is 21.8. The number of nitrogens with one attached hydrogen (secondary N) is 2. The summed E-state index contributed by atoms with van der Waals surface area (Å²) >= 11 is 0. The van der Waals surface area contributed by atoms with E-state index in [1.807, 2.05) is 0 Å². The van der Waals surface area contributed by atoms with Crippen molar-refractivity contribution in [1.29, 1.82) is 0 Å². The molecule has 0 aliphatic carbocycles. The highest BCUT2D eigenvalue weighted by molar-refractivity contribution is 5.94. The van der Waals surface area contributed by atoms with Crippen LogP contribution in [0, 0.1) is 0 Å². The van der Waals surface area contributed by atoms with Crippen LogP contribution in [0.25, 0.3) is 0 Å². The van der Waals surface area contributed by atoms with Crippen molar-refractivity contribution in [2.75, 3.05) is 6.54 Å². The molecule has 25 heavy (non-hydrogen) atoms. The zero-order chi connectivity index (χ0) is 19.3. The molecular weight excluding hydrogens is 332 g/mol. The fourth-order valence-electron chi connectivity index (χ4n) is 2.53. The predicted molar refractivity (Wildman–Crippen MR) is 87.2 cm³/mol. The Balaban J connectivity index is 2.87. The minimum absolute atomic E-state index is 0.273. The zero-order valence-corrected chi connectivity index (χ0v) is 14.6. The number of aliphatic hydroxyl groups excluding tert-OH is 1. The van der Waals surface area contributed by atoms with Crippen molar-refractivity contribution in [3.05, 3.63) is 0 Å². The average molecular weight is 358 g/mol. The van der Waals surface area contributed by atoms with Gasteiger partial charge in [-0.3, -0.25) is 19.2 Å². The molecule has 3 amide bonds. The topological polar surface area (TPSA) is 162 Å². The number of nitrogens with zero attached hydrogens (tertiary/aromatic N) is 1. The van der Waals surface area contributed by atoms with Crippen molar-refractivity contribution < 1.29 is 29.4 Å². The summed E-state index contributed by atoms with van der Waals surface area (Å²) in [6.07, 6.45) is -0.256. The summed E-state index contributed by atoms with van der Waals surface area (Å²) in [7, 11) is 0. The van der Waals surface area contributed by atoms with Gasteiger partial charge in [0.05, 0.1) is 12.1 Å². The molecule has 0 saturated carbocycles. The van der Waals surface area contributed by atoms with Crippen LogP contribution in [0.15, 0.2) is 0 Å². The Morgan fingerprint density at radius 1 is 1.16 bits per heavy atom. The lowest BCUT2D eigenvalue weighted by Gasteiger charge is -2.30. The van der Waals surface area contributed by atoms with Crippen LogP contribution >= 0.6 is 0 Å². The number of hydrogen-bond acceptors (Lipinski definition) is 6. The van der Waals surface area contributed by atoms with Crippen LogP contribution in [0.1, 0.15) is 33.6 Å². The number of carbonyl (C=O) groups is 4. The highest BCUT2D eigenvalue weighted by Gasteiger charge is 2.39. The first-order valence-corrected chi connectivity index (χ1v) is 8.14. The standard InChI is InChI=1S/C15H26N4O6/c1-7(16)12(21)18-11(9(3)20)14(23)19-6-4-5-10(19)13(22)17-8(2)15(24)25/h7-11,20H,4-6,16H2,1-3H3,(H,17,22)(H,18,21)(H,24,25). The van der Waals surface area contributed by atoms with Crippen LogP contribution in [0.3, 0.4) is 0 Å². The fraction of sp³-hybridized carbons (Fsp3) is 0.733. The van der Waals surface area contributed by atoms with Gasteiger partial charge in [-0.15, -0.1) is 0 Å². The maximum Gasteiger partial charge on any atom is 0.325 e. The second-order valence-electron chi connectivity index (χ2n) is 6.27. The Hall–Kier alpha value is -2.20. The van der Waals surface area contributed by atoms with Crippen LogP contribution in [0.4, 0.5) is 0 Å². The lowest BCUT2D eigenvalue weighted by Crippen LogP contribution is -2.59. The van der Waals surface area contributed by atoms with E-state index < -0.39 is 54.0 Å². The van der Waals surface area contributed by atoms with Gasteiger partial charge in [-0.2, -0.15) is 0 Å². The van der Waals surface area contributed by atoms with Crippen molar-refractivity contribution in [2.45, 2.75) is 63.9 Å². The highest BCUT2D eigenvalue weighted by Crippen LogP contribution is 2.19. The van der Waals surface area contributed by atoms with Crippen molar-refractivity contribution in [2.24, 2.45) is 5.73 Å². The van der Waals surface area contributed by atoms with E-state index in [0.29, 0.717) is 12.8 Å². The number of rotatable bonds is 7. The number of nitrogens with two attached hydrogens (primary N) is 1. The van der Waals surface area contributed by atoms with E-state index in [4.69, 9.17) is 10.8 Å². The largest absolute Gasteiger partial charge is 0.480 e. The average Bonchev–Trinajstić information content (AvgIpc) is 3.00. The molecule has 0 aromatic heterocycles. The van der Waals surface area contributed by atoms with Gasteiger partial charge in [0.25, 0.3) is 0 Å². The SMILES string of the molecule is CC(N)C(=O)NC(C(=O)N1CCCC1C(=O)NC(C)C(=O)O)C(C)O. The van der Waals surface area contributed by atoms with Crippen LogP contribution in [0.2, 0.25) is 0 Å². The van der Waals surface area contributed by atoms with Gasteiger partial charge in [0.2, 0.25) is 17.7 Å². The first kappa shape index (κ1) is 20.8. The smallest absolute Gasteiger partial charge is 0.325 e. The molecule has 0 aromatic rings. The molecule has 1 rings (SSSR count). The second-order valence-corrected chi connectivity index (χ2v) is 6.27. The zero-order valence-electron chi connectivity index (χ0n) is 14.6. The third-order valence-electron chi connectivity index (χ3n) is 4.03. The molecular formula is C15H26N4O6. The van der Waals surface area contributed by atoms with E-state index in [1.165, 1.54) is 25.7 Å². The van der Waals surface area contributed by atoms with Gasteiger partial charge in [0.1, 0.15) is 18.1 Å².